The number of carbonyl (C=O) groups is 1. The van der Waals surface area contributed by atoms with Gasteiger partial charge in [0.05, 0.1) is 6.54 Å². The maximum Gasteiger partial charge on any atom is 0.183 e. The predicted octanol–water partition coefficient (Wildman–Crippen LogP) is 3.77. The summed E-state index contributed by atoms with van der Waals surface area (Å²) in [4.78, 5) is 15.4. The van der Waals surface area contributed by atoms with Crippen molar-refractivity contribution in [2.24, 2.45) is 0 Å². The van der Waals surface area contributed by atoms with E-state index in [1.54, 1.807) is 6.20 Å². The topological polar surface area (TPSA) is 44.9 Å². The molecule has 0 atom stereocenters. The molecule has 100 valence electrons. The van der Waals surface area contributed by atoms with Gasteiger partial charge in [-0.25, -0.2) is 0 Å². The number of para-hydroxylation sites is 1. The van der Waals surface area contributed by atoms with E-state index in [2.05, 4.69) is 10.3 Å². The molecule has 3 aromatic rings. The van der Waals surface area contributed by atoms with Crippen LogP contribution in [0.5, 0.6) is 0 Å². The fraction of sp³-hybridized carbons (Fsp3) is 0.118. The summed E-state index contributed by atoms with van der Waals surface area (Å²) in [5.41, 5.74) is 3.87. The third-order valence-corrected chi connectivity index (χ3v) is 3.36. The molecule has 0 saturated carbocycles. The highest BCUT2D eigenvalue weighted by molar-refractivity contribution is 6.09. The van der Waals surface area contributed by atoms with Crippen LogP contribution >= 0.6 is 0 Å². The lowest BCUT2D eigenvalue weighted by Gasteiger charge is -2.06. The molecular weight excluding hydrogens is 248 g/mol. The minimum Gasteiger partial charge on any atom is -0.378 e. The number of anilines is 1. The third kappa shape index (κ3) is 2.43. The Morgan fingerprint density at radius 1 is 1.15 bits per heavy atom. The van der Waals surface area contributed by atoms with Crippen molar-refractivity contribution in [2.45, 2.75) is 6.92 Å². The summed E-state index contributed by atoms with van der Waals surface area (Å²) in [6.45, 7) is 2.33. The fourth-order valence-electron chi connectivity index (χ4n) is 2.33. The van der Waals surface area contributed by atoms with Gasteiger partial charge in [0.25, 0.3) is 0 Å². The number of nitrogens with one attached hydrogen (secondary N) is 2. The number of aryl methyl sites for hydroxylation is 1. The molecule has 0 amide bonds. The average molecular weight is 264 g/mol. The first-order valence-electron chi connectivity index (χ1n) is 6.64. The van der Waals surface area contributed by atoms with E-state index in [-0.39, 0.29) is 5.78 Å². The molecule has 20 heavy (non-hydrogen) atoms. The normalized spacial score (nSPS) is 10.7. The van der Waals surface area contributed by atoms with Crippen LogP contribution in [0.3, 0.4) is 0 Å². The molecule has 0 saturated heterocycles. The van der Waals surface area contributed by atoms with Crippen molar-refractivity contribution in [3.8, 4) is 0 Å². The van der Waals surface area contributed by atoms with E-state index >= 15 is 0 Å². The first-order chi connectivity index (χ1) is 9.74. The maximum absolute atomic E-state index is 12.3. The van der Waals surface area contributed by atoms with Crippen LogP contribution in [0, 0.1) is 6.92 Å². The van der Waals surface area contributed by atoms with Gasteiger partial charge in [0.2, 0.25) is 0 Å². The molecule has 0 spiro atoms. The highest BCUT2D eigenvalue weighted by atomic mass is 16.1. The molecule has 3 heteroatoms. The van der Waals surface area contributed by atoms with Gasteiger partial charge in [-0.15, -0.1) is 0 Å². The van der Waals surface area contributed by atoms with Crippen LogP contribution in [0.1, 0.15) is 15.9 Å². The van der Waals surface area contributed by atoms with Gasteiger partial charge in [0.15, 0.2) is 5.78 Å². The number of H-pyrrole nitrogens is 1. The van der Waals surface area contributed by atoms with Crippen LogP contribution in [0.2, 0.25) is 0 Å². The standard InChI is InChI=1S/C17H16N2O/c1-12-5-4-6-13(9-12)18-11-17(20)15-10-19-16-8-3-2-7-14(15)16/h2-10,18-19H,11H2,1H3. The molecule has 0 aliphatic heterocycles. The van der Waals surface area contributed by atoms with Crippen LogP contribution in [0.4, 0.5) is 5.69 Å². The summed E-state index contributed by atoms with van der Waals surface area (Å²) in [5, 5.41) is 4.15. The number of rotatable bonds is 4. The molecular formula is C17H16N2O. The van der Waals surface area contributed by atoms with Gasteiger partial charge in [-0.1, -0.05) is 30.3 Å². The van der Waals surface area contributed by atoms with Crippen molar-refractivity contribution < 1.29 is 4.79 Å². The van der Waals surface area contributed by atoms with Gasteiger partial charge >= 0.3 is 0 Å². The highest BCUT2D eigenvalue weighted by Gasteiger charge is 2.11. The second kappa shape index (κ2) is 5.21. The molecule has 3 nitrogen and oxygen atoms in total. The quantitative estimate of drug-likeness (QED) is 0.704. The van der Waals surface area contributed by atoms with E-state index < -0.39 is 0 Å². The van der Waals surface area contributed by atoms with Crippen molar-refractivity contribution in [3.05, 3.63) is 65.9 Å². The van der Waals surface area contributed by atoms with E-state index in [1.807, 2.05) is 55.5 Å². The Morgan fingerprint density at radius 2 is 2.00 bits per heavy atom. The first kappa shape index (κ1) is 12.5. The lowest BCUT2D eigenvalue weighted by Crippen LogP contribution is -2.13. The Labute approximate surface area is 117 Å². The molecule has 0 aliphatic carbocycles. The smallest absolute Gasteiger partial charge is 0.183 e. The number of aromatic nitrogens is 1. The zero-order valence-corrected chi connectivity index (χ0v) is 11.3. The van der Waals surface area contributed by atoms with E-state index in [9.17, 15) is 4.79 Å². The van der Waals surface area contributed by atoms with E-state index in [0.717, 1.165) is 22.2 Å². The SMILES string of the molecule is Cc1cccc(NCC(=O)c2c[nH]c3ccccc23)c1. The lowest BCUT2D eigenvalue weighted by molar-refractivity contribution is 0.101. The second-order valence-electron chi connectivity index (χ2n) is 4.89. The molecule has 0 bridgehead atoms. The molecule has 2 aromatic carbocycles. The molecule has 2 N–H and O–H groups in total. The Balaban J connectivity index is 1.76. The van der Waals surface area contributed by atoms with Gasteiger partial charge in [0, 0.05) is 28.4 Å². The van der Waals surface area contributed by atoms with E-state index in [4.69, 9.17) is 0 Å². The van der Waals surface area contributed by atoms with Gasteiger partial charge < -0.3 is 10.3 Å². The van der Waals surface area contributed by atoms with Gasteiger partial charge in [0.1, 0.15) is 0 Å². The number of Topliss-reactive ketones (excluding diaryl/α,β-unsaturated/α-hetero) is 1. The molecule has 0 fully saturated rings. The van der Waals surface area contributed by atoms with Crippen molar-refractivity contribution in [1.29, 1.82) is 0 Å². The van der Waals surface area contributed by atoms with E-state index in [0.29, 0.717) is 6.54 Å². The Hall–Kier alpha value is -2.55. The van der Waals surface area contributed by atoms with Crippen LogP contribution in [-0.4, -0.2) is 17.3 Å². The number of aromatic amines is 1. The maximum atomic E-state index is 12.3. The Bertz CT molecular complexity index is 758. The zero-order chi connectivity index (χ0) is 13.9. The number of benzene rings is 2. The van der Waals surface area contributed by atoms with Crippen LogP contribution in [0.15, 0.2) is 54.7 Å². The van der Waals surface area contributed by atoms with Crippen molar-refractivity contribution in [1.82, 2.24) is 4.98 Å². The van der Waals surface area contributed by atoms with Crippen LogP contribution < -0.4 is 5.32 Å². The predicted molar refractivity (Wildman–Crippen MR) is 82.3 cm³/mol. The molecule has 3 rings (SSSR count). The molecule has 1 heterocycles. The van der Waals surface area contributed by atoms with E-state index in [1.165, 1.54) is 5.56 Å². The van der Waals surface area contributed by atoms with Crippen LogP contribution in [0.25, 0.3) is 10.9 Å². The zero-order valence-electron chi connectivity index (χ0n) is 11.3. The molecule has 0 unspecified atom stereocenters. The Morgan fingerprint density at radius 3 is 2.85 bits per heavy atom. The fourth-order valence-corrected chi connectivity index (χ4v) is 2.33. The lowest BCUT2D eigenvalue weighted by atomic mass is 10.1. The minimum atomic E-state index is 0.0870. The third-order valence-electron chi connectivity index (χ3n) is 3.36. The van der Waals surface area contributed by atoms with Gasteiger partial charge in [-0.05, 0) is 30.7 Å². The number of hydrogen-bond acceptors (Lipinski definition) is 2. The average Bonchev–Trinajstić information content (AvgIpc) is 2.89. The van der Waals surface area contributed by atoms with Gasteiger partial charge in [-0.3, -0.25) is 4.79 Å². The number of hydrogen-bond donors (Lipinski definition) is 2. The summed E-state index contributed by atoms with van der Waals surface area (Å²) in [7, 11) is 0. The summed E-state index contributed by atoms with van der Waals surface area (Å²) < 4.78 is 0. The molecule has 0 aliphatic rings. The monoisotopic (exact) mass is 264 g/mol. The molecule has 1 aromatic heterocycles. The highest BCUT2D eigenvalue weighted by Crippen LogP contribution is 2.18. The van der Waals surface area contributed by atoms with Gasteiger partial charge in [-0.2, -0.15) is 0 Å². The summed E-state index contributed by atoms with van der Waals surface area (Å²) in [6, 6.07) is 15.9. The molecule has 0 radical (unpaired) electrons. The second-order valence-corrected chi connectivity index (χ2v) is 4.89. The van der Waals surface area contributed by atoms with Crippen molar-refractivity contribution in [2.75, 3.05) is 11.9 Å². The summed E-state index contributed by atoms with van der Waals surface area (Å²) in [6.07, 6.45) is 1.78. The first-order valence-corrected chi connectivity index (χ1v) is 6.64. The number of carbonyl (C=O) groups excluding carboxylic acids is 1. The minimum absolute atomic E-state index is 0.0870. The summed E-state index contributed by atoms with van der Waals surface area (Å²) in [5.74, 6) is 0.0870. The van der Waals surface area contributed by atoms with Crippen molar-refractivity contribution >= 4 is 22.4 Å². The van der Waals surface area contributed by atoms with Crippen molar-refractivity contribution in [3.63, 3.8) is 0 Å². The largest absolute Gasteiger partial charge is 0.378 e. The number of ketones is 1. The number of fused-ring (bicyclic) bond motifs is 1. The summed E-state index contributed by atoms with van der Waals surface area (Å²) >= 11 is 0. The Kier molecular flexibility index (Phi) is 3.25. The van der Waals surface area contributed by atoms with Crippen LogP contribution in [-0.2, 0) is 0 Å².